The Hall–Kier alpha value is -12.8. The van der Waals surface area contributed by atoms with Crippen molar-refractivity contribution in [2.75, 3.05) is 42.1 Å². The first-order valence-electron chi connectivity index (χ1n) is 42.6. The number of aromatic nitrogens is 13. The second kappa shape index (κ2) is 44.2. The van der Waals surface area contributed by atoms with Crippen molar-refractivity contribution in [1.29, 1.82) is 0 Å². The Kier molecular flexibility index (Phi) is 31.9. The number of aryl methyl sites for hydroxylation is 5. The van der Waals surface area contributed by atoms with Crippen molar-refractivity contribution >= 4 is 167 Å². The molecule has 131 heavy (non-hydrogen) atoms. The number of hydrogen-bond acceptors (Lipinski definition) is 25. The number of thiophene rings is 1. The summed E-state index contributed by atoms with van der Waals surface area (Å²) >= 11 is 8.29. The zero-order valence-electron chi connectivity index (χ0n) is 71.3. The smallest absolute Gasteiger partial charge is 0.264 e. The van der Waals surface area contributed by atoms with E-state index >= 15 is 0 Å². The highest BCUT2D eigenvalue weighted by atomic mass is 127. The van der Waals surface area contributed by atoms with Crippen molar-refractivity contribution in [2.24, 2.45) is 5.73 Å². The number of halogens is 3. The molecule has 7 aliphatic heterocycles. The van der Waals surface area contributed by atoms with Gasteiger partial charge < -0.3 is 26.4 Å². The Labute approximate surface area is 797 Å². The summed E-state index contributed by atoms with van der Waals surface area (Å²) in [5.41, 5.74) is 13.7. The number of ether oxygens (including phenoxy) is 1. The van der Waals surface area contributed by atoms with Crippen LogP contribution in [0.15, 0.2) is 147 Å². The molecule has 3 saturated heterocycles. The fourth-order valence-electron chi connectivity index (χ4n) is 15.7. The van der Waals surface area contributed by atoms with E-state index < -0.39 is 83.1 Å². The molecule has 0 aliphatic carbocycles. The number of fused-ring (bicyclic) bond motifs is 6. The molecule has 4 aromatic carbocycles. The van der Waals surface area contributed by atoms with Gasteiger partial charge in [0, 0.05) is 119 Å². The first-order valence-corrected chi connectivity index (χ1v) is 46.7. The lowest BCUT2D eigenvalue weighted by Crippen LogP contribution is -2.54. The van der Waals surface area contributed by atoms with Crippen LogP contribution in [0.3, 0.4) is 0 Å². The normalized spacial score (nSPS) is 17.0. The van der Waals surface area contributed by atoms with E-state index in [1.165, 1.54) is 9.13 Å². The fraction of sp³-hybridized carbons (Fsp3) is 0.330. The lowest BCUT2D eigenvalue weighted by Gasteiger charge is -2.27. The number of amides is 12. The molecular formula is C91H92I3N23O13S. The minimum absolute atomic E-state index is 0.0754. The van der Waals surface area contributed by atoms with Gasteiger partial charge in [0.15, 0.2) is 5.82 Å². The number of imide groups is 6. The lowest BCUT2D eigenvalue weighted by atomic mass is 10.0. The molecule has 3 fully saturated rings. The van der Waals surface area contributed by atoms with Crippen molar-refractivity contribution in [3.8, 4) is 29.2 Å². The second-order valence-corrected chi connectivity index (χ2v) is 36.0. The van der Waals surface area contributed by atoms with Crippen LogP contribution in [0.4, 0.5) is 17.1 Å². The quantitative estimate of drug-likeness (QED) is 0.0103. The van der Waals surface area contributed by atoms with Gasteiger partial charge in [0.25, 0.3) is 35.4 Å². The van der Waals surface area contributed by atoms with Gasteiger partial charge in [0.2, 0.25) is 35.4 Å². The summed E-state index contributed by atoms with van der Waals surface area (Å²) in [4.78, 5) is 153. The summed E-state index contributed by atoms with van der Waals surface area (Å²) in [6.45, 7) is 10.2. The highest BCUT2D eigenvalue weighted by Crippen LogP contribution is 2.41. The molecule has 3 unspecified atom stereocenters. The summed E-state index contributed by atoms with van der Waals surface area (Å²) in [6, 6.07) is 22.6. The van der Waals surface area contributed by atoms with Crippen LogP contribution in [0, 0.1) is 41.8 Å². The van der Waals surface area contributed by atoms with Crippen LogP contribution in [0.5, 0.6) is 0 Å². The molecule has 9 N–H and O–H groups in total. The van der Waals surface area contributed by atoms with Crippen molar-refractivity contribution in [2.45, 2.75) is 167 Å². The third-order valence-electron chi connectivity index (χ3n) is 22.3. The van der Waals surface area contributed by atoms with Gasteiger partial charge in [0.1, 0.15) is 35.1 Å². The van der Waals surface area contributed by atoms with Gasteiger partial charge in [-0.3, -0.25) is 117 Å². The minimum atomic E-state index is -1.00. The maximum absolute atomic E-state index is 13.4. The van der Waals surface area contributed by atoms with E-state index in [0.717, 1.165) is 150 Å². The number of H-pyrrole nitrogens is 1. The molecule has 7 aliphatic rings. The standard InChI is InChI=1S/C39H36N8O5S.C22H21N5O4.C20H20IN5O4.C7H12IN3.C3H3IN2/c1-23-35-44-43-24(2)46(35)39-29(22-52-23)28(19-25-9-4-3-5-10-25)32(53-39)15-13-26-20-41-45(21-26)18-7-6-17-40-30-12-8-11-27-34(30)38(51)47(37(27)50)31-14-16-33(48)42-36(31)49;1-2-14-12-24-26(13-14)11-4-3-10-23-16-7-5-6-15-19(16)22(31)27(21(15)30)17-8-9-18(28)25-20(17)29;21-12-10-23-25(11-12)9-2-1-8-22-14-5-3-4-13-17(14)20(30)26(19(13)29)15-6-7-16(27)24-18(15)28;8-7-5-10-11(6-7)4-2-1-3-9;4-3-1-5-6-2-3/h3-5,8-12,20-21,23,31,40H,6-7,14,16-19,22H2,1-2H3,(H,42,48,49);1,5-7,12-13,17,23H,3-4,8-11H2,(H,25,28,29);3-5,10-11,15,22H,1-2,6-9H2,(H,24,27,28);5-6H,1-4,9H2;1-2H,(H,5,6)/t23-,31?;;;;/m0..../s1. The highest BCUT2D eigenvalue weighted by Gasteiger charge is 2.49. The number of carbonyl (C=O) groups is 12. The minimum Gasteiger partial charge on any atom is -0.384 e. The first-order chi connectivity index (χ1) is 63.4. The van der Waals surface area contributed by atoms with Gasteiger partial charge >= 0.3 is 0 Å². The van der Waals surface area contributed by atoms with Crippen molar-refractivity contribution in [3.05, 3.63) is 235 Å². The maximum atomic E-state index is 13.4. The van der Waals surface area contributed by atoms with E-state index in [4.69, 9.17) is 16.9 Å². The molecule has 12 amide bonds. The Morgan fingerprint density at radius 1 is 0.504 bits per heavy atom. The van der Waals surface area contributed by atoms with Gasteiger partial charge in [-0.2, -0.15) is 25.5 Å². The first kappa shape index (κ1) is 94.4. The number of rotatable bonds is 27. The van der Waals surface area contributed by atoms with Crippen LogP contribution in [-0.4, -0.2) is 194 Å². The predicted octanol–water partition coefficient (Wildman–Crippen LogP) is 9.89. The monoisotopic (exact) mass is 2130 g/mol. The molecule has 7 aromatic heterocycles. The molecule has 36 nitrogen and oxygen atoms in total. The third kappa shape index (κ3) is 22.8. The van der Waals surface area contributed by atoms with E-state index in [2.05, 4.69) is 175 Å². The Balaban J connectivity index is 0.000000151. The molecule has 4 atom stereocenters. The summed E-state index contributed by atoms with van der Waals surface area (Å²) in [6.07, 6.45) is 32.2. The third-order valence-corrected chi connectivity index (χ3v) is 25.1. The number of hydrogen-bond donors (Lipinski definition) is 8. The number of benzene rings is 4. The Morgan fingerprint density at radius 2 is 0.939 bits per heavy atom. The number of aromatic amines is 1. The van der Waals surface area contributed by atoms with Gasteiger partial charge in [0.05, 0.1) is 97.7 Å². The zero-order chi connectivity index (χ0) is 92.4. The van der Waals surface area contributed by atoms with Crippen LogP contribution in [-0.2, 0) is 72.7 Å². The van der Waals surface area contributed by atoms with E-state index in [9.17, 15) is 57.5 Å². The number of nitrogens with two attached hydrogens (primary N) is 1. The lowest BCUT2D eigenvalue weighted by molar-refractivity contribution is -0.137. The zero-order valence-corrected chi connectivity index (χ0v) is 78.6. The predicted molar refractivity (Wildman–Crippen MR) is 507 cm³/mol. The number of nitrogens with zero attached hydrogens (tertiary/aromatic N) is 15. The van der Waals surface area contributed by atoms with Crippen LogP contribution in [0.25, 0.3) is 5.00 Å². The Morgan fingerprint density at radius 3 is 1.34 bits per heavy atom. The average Bonchev–Trinajstić information content (AvgIpc) is 1.61. The van der Waals surface area contributed by atoms with E-state index in [1.54, 1.807) is 89.2 Å². The number of nitrogens with one attached hydrogen (secondary N) is 7. The number of carbonyl (C=O) groups excluding carboxylic acids is 12. The van der Waals surface area contributed by atoms with Gasteiger partial charge in [-0.1, -0.05) is 66.3 Å². The molecule has 18 rings (SSSR count). The van der Waals surface area contributed by atoms with Gasteiger partial charge in [-0.05, 0) is 213 Å². The largest absolute Gasteiger partial charge is 0.384 e. The van der Waals surface area contributed by atoms with Crippen molar-refractivity contribution in [3.63, 3.8) is 0 Å². The van der Waals surface area contributed by atoms with Crippen LogP contribution < -0.4 is 37.6 Å². The van der Waals surface area contributed by atoms with Crippen LogP contribution in [0.2, 0.25) is 0 Å². The van der Waals surface area contributed by atoms with Crippen molar-refractivity contribution in [1.82, 2.24) is 94.7 Å². The number of anilines is 3. The molecule has 11 aromatic rings. The van der Waals surface area contributed by atoms with Crippen molar-refractivity contribution < 1.29 is 62.3 Å². The molecular weight excluding hydrogens is 2040 g/mol. The highest BCUT2D eigenvalue weighted by molar-refractivity contribution is 14.1. The molecule has 0 saturated carbocycles. The van der Waals surface area contributed by atoms with E-state index in [1.807, 2.05) is 89.5 Å². The topological polar surface area (TPSA) is 453 Å². The Bertz CT molecular complexity index is 6250. The number of piperidine rings is 3. The molecule has 0 radical (unpaired) electrons. The molecule has 14 heterocycles. The van der Waals surface area contributed by atoms with Crippen LogP contribution >= 0.6 is 79.1 Å². The summed E-state index contributed by atoms with van der Waals surface area (Å²) in [7, 11) is 0. The van der Waals surface area contributed by atoms with E-state index in [0.29, 0.717) is 49.8 Å². The summed E-state index contributed by atoms with van der Waals surface area (Å²) in [5, 5.41) is 49.7. The SMILES string of the molecule is C#Cc1cnn(CCCCNc2cccc3c2C(=O)N(C2CCC(=O)NC2=O)C3=O)c1.Cc1nnc2n1-c1sc(C#Cc3cnn(CCCCNc4cccc5c4C(=O)N(C4CCC(=O)NC4=O)C5=O)c3)c(Cc3ccccc3)c1CO[C@H]2C.Ic1cn[nH]c1.NCCCCn1cc(I)cn1.O=C1CCC(N2C(=O)c3cccc(NCCCCn4cc(I)cn4)c3C2=O)C(=O)N1. The summed E-state index contributed by atoms with van der Waals surface area (Å²) < 4.78 is 19.3. The molecule has 676 valence electrons. The molecule has 40 heteroatoms. The van der Waals surface area contributed by atoms with Gasteiger partial charge in [-0.25, -0.2) is 0 Å². The molecule has 0 spiro atoms. The number of terminal acetylenes is 1. The average molecular weight is 2130 g/mol. The van der Waals surface area contributed by atoms with Gasteiger partial charge in [-0.15, -0.1) is 28.0 Å². The maximum Gasteiger partial charge on any atom is 0.264 e. The van der Waals surface area contributed by atoms with E-state index in [-0.39, 0.29) is 83.9 Å². The fourth-order valence-corrected chi connectivity index (χ4v) is 18.2. The molecule has 0 bridgehead atoms. The second-order valence-electron chi connectivity index (χ2n) is 31.3. The van der Waals surface area contributed by atoms with Crippen LogP contribution in [0.1, 0.15) is 209 Å². The summed E-state index contributed by atoms with van der Waals surface area (Å²) in [5.74, 6) is 4.80. The number of unbranched alkanes of at least 4 members (excludes halogenated alkanes) is 4.